The zero-order valence-electron chi connectivity index (χ0n) is 14.3. The third-order valence-electron chi connectivity index (χ3n) is 4.75. The van der Waals surface area contributed by atoms with Gasteiger partial charge in [-0.2, -0.15) is 0 Å². The second-order valence-corrected chi connectivity index (χ2v) is 7.63. The van der Waals surface area contributed by atoms with E-state index in [-0.39, 0.29) is 11.9 Å². The SMILES string of the molecule is COc1ccc(C2c3sccc3CCN2C(=O)c2ccc(Cl)cc2)cc1. The molecule has 0 radical (unpaired) electrons. The standard InChI is InChI=1S/C21H18ClNO2S/c1-25-18-8-4-14(5-9-18)19-20-15(11-13-26-20)10-12-23(19)21(24)16-2-6-17(22)7-3-16/h2-9,11,13,19H,10,12H2,1H3. The van der Waals surface area contributed by atoms with Crippen molar-refractivity contribution in [3.63, 3.8) is 0 Å². The number of nitrogens with zero attached hydrogens (tertiary/aromatic N) is 1. The molecule has 1 aromatic heterocycles. The molecule has 0 N–H and O–H groups in total. The molecule has 0 bridgehead atoms. The van der Waals surface area contributed by atoms with Gasteiger partial charge < -0.3 is 9.64 Å². The maximum atomic E-state index is 13.2. The zero-order chi connectivity index (χ0) is 18.1. The van der Waals surface area contributed by atoms with E-state index in [9.17, 15) is 4.79 Å². The molecule has 1 amide bonds. The average Bonchev–Trinajstić information content (AvgIpc) is 3.16. The summed E-state index contributed by atoms with van der Waals surface area (Å²) in [6, 6.07) is 17.2. The zero-order valence-corrected chi connectivity index (χ0v) is 15.9. The fourth-order valence-corrected chi connectivity index (χ4v) is 4.62. The third-order valence-corrected chi connectivity index (χ3v) is 6.01. The van der Waals surface area contributed by atoms with Gasteiger partial charge in [0.2, 0.25) is 0 Å². The first-order chi connectivity index (χ1) is 12.7. The van der Waals surface area contributed by atoms with Gasteiger partial charge in [0.05, 0.1) is 13.2 Å². The van der Waals surface area contributed by atoms with Crippen molar-refractivity contribution in [1.29, 1.82) is 0 Å². The first kappa shape index (κ1) is 17.1. The Kier molecular flexibility index (Phi) is 4.70. The minimum absolute atomic E-state index is 0.0292. The van der Waals surface area contributed by atoms with Gasteiger partial charge in [-0.05, 0) is 65.4 Å². The van der Waals surface area contributed by atoms with Crippen LogP contribution < -0.4 is 4.74 Å². The van der Waals surface area contributed by atoms with Crippen molar-refractivity contribution in [3.8, 4) is 5.75 Å². The van der Waals surface area contributed by atoms with E-state index >= 15 is 0 Å². The van der Waals surface area contributed by atoms with Crippen molar-refractivity contribution in [2.24, 2.45) is 0 Å². The van der Waals surface area contributed by atoms with Gasteiger partial charge in [-0.1, -0.05) is 23.7 Å². The van der Waals surface area contributed by atoms with Gasteiger partial charge in [-0.25, -0.2) is 0 Å². The van der Waals surface area contributed by atoms with E-state index in [1.54, 1.807) is 42.7 Å². The highest BCUT2D eigenvalue weighted by Gasteiger charge is 2.33. The van der Waals surface area contributed by atoms with Gasteiger partial charge >= 0.3 is 0 Å². The highest BCUT2D eigenvalue weighted by molar-refractivity contribution is 7.10. The summed E-state index contributed by atoms with van der Waals surface area (Å²) in [4.78, 5) is 16.4. The molecule has 1 unspecified atom stereocenters. The number of halogens is 1. The lowest BCUT2D eigenvalue weighted by Crippen LogP contribution is -2.40. The lowest BCUT2D eigenvalue weighted by Gasteiger charge is -2.36. The Bertz CT molecular complexity index is 918. The Labute approximate surface area is 161 Å². The number of amides is 1. The fourth-order valence-electron chi connectivity index (χ4n) is 3.40. The summed E-state index contributed by atoms with van der Waals surface area (Å²) >= 11 is 7.68. The Morgan fingerprint density at radius 3 is 2.54 bits per heavy atom. The van der Waals surface area contributed by atoms with Crippen LogP contribution in [0, 0.1) is 0 Å². The Morgan fingerprint density at radius 2 is 1.85 bits per heavy atom. The summed E-state index contributed by atoms with van der Waals surface area (Å²) in [6.07, 6.45) is 0.880. The smallest absolute Gasteiger partial charge is 0.254 e. The van der Waals surface area contributed by atoms with Gasteiger partial charge in [0, 0.05) is 22.0 Å². The van der Waals surface area contributed by atoms with Crippen LogP contribution in [-0.4, -0.2) is 24.5 Å². The number of fused-ring (bicyclic) bond motifs is 1. The molecular formula is C21H18ClNO2S. The Morgan fingerprint density at radius 1 is 1.12 bits per heavy atom. The molecule has 0 saturated heterocycles. The Balaban J connectivity index is 1.74. The molecule has 132 valence electrons. The quantitative estimate of drug-likeness (QED) is 0.622. The van der Waals surface area contributed by atoms with Crippen molar-refractivity contribution < 1.29 is 9.53 Å². The molecule has 3 nitrogen and oxygen atoms in total. The van der Waals surface area contributed by atoms with Crippen LogP contribution >= 0.6 is 22.9 Å². The van der Waals surface area contributed by atoms with Crippen LogP contribution in [0.25, 0.3) is 0 Å². The molecule has 1 atom stereocenters. The third kappa shape index (κ3) is 3.11. The number of thiophene rings is 1. The van der Waals surface area contributed by atoms with E-state index < -0.39 is 0 Å². The highest BCUT2D eigenvalue weighted by atomic mass is 35.5. The fraction of sp³-hybridized carbons (Fsp3) is 0.190. The van der Waals surface area contributed by atoms with Gasteiger partial charge in [0.25, 0.3) is 5.91 Å². The summed E-state index contributed by atoms with van der Waals surface area (Å²) < 4.78 is 5.28. The van der Waals surface area contributed by atoms with Crippen LogP contribution in [0.15, 0.2) is 60.0 Å². The van der Waals surface area contributed by atoms with E-state index in [4.69, 9.17) is 16.3 Å². The minimum atomic E-state index is -0.0761. The van der Waals surface area contributed by atoms with E-state index in [1.165, 1.54) is 10.4 Å². The number of carbonyl (C=O) groups excluding carboxylic acids is 1. The van der Waals surface area contributed by atoms with Crippen molar-refractivity contribution in [1.82, 2.24) is 4.90 Å². The molecule has 4 rings (SSSR count). The molecular weight excluding hydrogens is 366 g/mol. The average molecular weight is 384 g/mol. The number of rotatable bonds is 3. The predicted octanol–water partition coefficient (Wildman–Crippen LogP) is 5.20. The summed E-state index contributed by atoms with van der Waals surface area (Å²) in [6.45, 7) is 0.696. The lowest BCUT2D eigenvalue weighted by atomic mass is 9.94. The van der Waals surface area contributed by atoms with E-state index in [0.717, 1.165) is 17.7 Å². The van der Waals surface area contributed by atoms with Crippen molar-refractivity contribution >= 4 is 28.8 Å². The first-order valence-corrected chi connectivity index (χ1v) is 9.70. The van der Waals surface area contributed by atoms with Gasteiger partial charge in [-0.15, -0.1) is 11.3 Å². The number of methoxy groups -OCH3 is 1. The normalized spacial score (nSPS) is 16.2. The summed E-state index contributed by atoms with van der Waals surface area (Å²) in [5.74, 6) is 0.841. The first-order valence-electron chi connectivity index (χ1n) is 8.44. The van der Waals surface area contributed by atoms with Crippen LogP contribution in [0.1, 0.15) is 32.4 Å². The lowest BCUT2D eigenvalue weighted by molar-refractivity contribution is 0.0698. The number of carbonyl (C=O) groups is 1. The molecule has 2 heterocycles. The van der Waals surface area contributed by atoms with E-state index in [2.05, 4.69) is 11.4 Å². The van der Waals surface area contributed by atoms with Gasteiger partial charge in [0.15, 0.2) is 0 Å². The molecule has 5 heteroatoms. The molecule has 0 fully saturated rings. The maximum Gasteiger partial charge on any atom is 0.254 e. The summed E-state index contributed by atoms with van der Waals surface area (Å²) in [5.41, 5.74) is 3.08. The molecule has 1 aliphatic rings. The molecule has 1 aliphatic heterocycles. The topological polar surface area (TPSA) is 29.5 Å². The molecule has 2 aromatic carbocycles. The second kappa shape index (κ2) is 7.14. The van der Waals surface area contributed by atoms with E-state index in [0.29, 0.717) is 17.1 Å². The molecule has 3 aromatic rings. The minimum Gasteiger partial charge on any atom is -0.497 e. The van der Waals surface area contributed by atoms with Crippen molar-refractivity contribution in [2.45, 2.75) is 12.5 Å². The summed E-state index contributed by atoms with van der Waals surface area (Å²) in [7, 11) is 1.66. The molecule has 0 aliphatic carbocycles. The highest BCUT2D eigenvalue weighted by Crippen LogP contribution is 2.39. The number of hydrogen-bond acceptors (Lipinski definition) is 3. The van der Waals surface area contributed by atoms with Crippen LogP contribution in [0.5, 0.6) is 5.75 Å². The van der Waals surface area contributed by atoms with Gasteiger partial charge in [-0.3, -0.25) is 4.79 Å². The molecule has 0 spiro atoms. The molecule has 26 heavy (non-hydrogen) atoms. The number of benzene rings is 2. The maximum absolute atomic E-state index is 13.2. The van der Waals surface area contributed by atoms with Crippen molar-refractivity contribution in [2.75, 3.05) is 13.7 Å². The largest absolute Gasteiger partial charge is 0.497 e. The second-order valence-electron chi connectivity index (χ2n) is 6.24. The van der Waals surface area contributed by atoms with Crippen LogP contribution in [-0.2, 0) is 6.42 Å². The summed E-state index contributed by atoms with van der Waals surface area (Å²) in [5, 5.41) is 2.74. The van der Waals surface area contributed by atoms with E-state index in [1.807, 2.05) is 29.2 Å². The van der Waals surface area contributed by atoms with Gasteiger partial charge in [0.1, 0.15) is 5.75 Å². The van der Waals surface area contributed by atoms with Crippen LogP contribution in [0.4, 0.5) is 0 Å². The Hall–Kier alpha value is -2.30. The van der Waals surface area contributed by atoms with Crippen LogP contribution in [0.2, 0.25) is 5.02 Å². The monoisotopic (exact) mass is 383 g/mol. The molecule has 0 saturated carbocycles. The van der Waals surface area contributed by atoms with Crippen LogP contribution in [0.3, 0.4) is 0 Å². The van der Waals surface area contributed by atoms with Crippen molar-refractivity contribution in [3.05, 3.63) is 86.6 Å². The number of ether oxygens (including phenoxy) is 1. The predicted molar refractivity (Wildman–Crippen MR) is 105 cm³/mol. The number of hydrogen-bond donors (Lipinski definition) is 0.